The normalized spacial score (nSPS) is 11.9. The summed E-state index contributed by atoms with van der Waals surface area (Å²) >= 11 is 5.47. The molecule has 18 heavy (non-hydrogen) atoms. The van der Waals surface area contributed by atoms with Crippen molar-refractivity contribution in [1.82, 2.24) is 0 Å². The van der Waals surface area contributed by atoms with Crippen LogP contribution >= 0.6 is 11.6 Å². The van der Waals surface area contributed by atoms with Crippen molar-refractivity contribution in [3.05, 3.63) is 29.8 Å². The van der Waals surface area contributed by atoms with Crippen LogP contribution in [-0.4, -0.2) is 25.4 Å². The van der Waals surface area contributed by atoms with Crippen LogP contribution < -0.4 is 4.90 Å². The zero-order valence-corrected chi connectivity index (χ0v) is 9.98. The number of benzene rings is 1. The monoisotopic (exact) mass is 287 g/mol. The standard InChI is InChI=1S/C11H11ClF5N/c12-5-6-18(7-10(13)14)9-3-1-8(2-4-9)11(15,16)17/h1-4,10H,5-7H2. The number of halogens is 6. The molecule has 0 fully saturated rings. The van der Waals surface area contributed by atoms with Gasteiger partial charge >= 0.3 is 6.18 Å². The molecular formula is C11H11ClF5N. The summed E-state index contributed by atoms with van der Waals surface area (Å²) in [5, 5.41) is 0. The molecule has 0 bridgehead atoms. The van der Waals surface area contributed by atoms with Gasteiger partial charge in [0.25, 0.3) is 6.43 Å². The van der Waals surface area contributed by atoms with E-state index in [0.29, 0.717) is 5.69 Å². The van der Waals surface area contributed by atoms with Crippen molar-refractivity contribution >= 4 is 17.3 Å². The topological polar surface area (TPSA) is 3.24 Å². The molecule has 102 valence electrons. The first kappa shape index (κ1) is 15.0. The van der Waals surface area contributed by atoms with Crippen LogP contribution in [0, 0.1) is 0 Å². The van der Waals surface area contributed by atoms with Crippen LogP contribution in [0.25, 0.3) is 0 Å². The molecule has 0 heterocycles. The van der Waals surface area contributed by atoms with Gasteiger partial charge in [-0.15, -0.1) is 11.6 Å². The number of hydrogen-bond acceptors (Lipinski definition) is 1. The van der Waals surface area contributed by atoms with Crippen LogP contribution in [-0.2, 0) is 6.18 Å². The Bertz CT molecular complexity index is 363. The molecule has 0 saturated carbocycles. The van der Waals surface area contributed by atoms with Gasteiger partial charge in [-0.3, -0.25) is 0 Å². The van der Waals surface area contributed by atoms with E-state index in [1.807, 2.05) is 0 Å². The number of nitrogens with zero attached hydrogens (tertiary/aromatic N) is 1. The highest BCUT2D eigenvalue weighted by Crippen LogP contribution is 2.30. The maximum Gasteiger partial charge on any atom is 0.416 e. The first-order valence-electron chi connectivity index (χ1n) is 5.11. The highest BCUT2D eigenvalue weighted by atomic mass is 35.5. The summed E-state index contributed by atoms with van der Waals surface area (Å²) in [4.78, 5) is 1.25. The van der Waals surface area contributed by atoms with E-state index < -0.39 is 24.7 Å². The van der Waals surface area contributed by atoms with Crippen molar-refractivity contribution < 1.29 is 22.0 Å². The molecule has 0 spiro atoms. The van der Waals surface area contributed by atoms with Gasteiger partial charge < -0.3 is 4.90 Å². The minimum absolute atomic E-state index is 0.119. The summed E-state index contributed by atoms with van der Waals surface area (Å²) in [7, 11) is 0. The second kappa shape index (κ2) is 6.22. The van der Waals surface area contributed by atoms with E-state index in [-0.39, 0.29) is 12.4 Å². The molecule has 0 unspecified atom stereocenters. The first-order chi connectivity index (χ1) is 8.34. The van der Waals surface area contributed by atoms with E-state index in [1.165, 1.54) is 4.90 Å². The van der Waals surface area contributed by atoms with E-state index in [0.717, 1.165) is 24.3 Å². The molecular weight excluding hydrogens is 277 g/mol. The summed E-state index contributed by atoms with van der Waals surface area (Å²) in [5.41, 5.74) is -0.516. The lowest BCUT2D eigenvalue weighted by Gasteiger charge is -2.23. The highest BCUT2D eigenvalue weighted by molar-refractivity contribution is 6.18. The van der Waals surface area contributed by atoms with Crippen molar-refractivity contribution in [2.75, 3.05) is 23.9 Å². The Morgan fingerprint density at radius 3 is 2.06 bits per heavy atom. The van der Waals surface area contributed by atoms with E-state index in [1.54, 1.807) is 0 Å². The van der Waals surface area contributed by atoms with Gasteiger partial charge in [0.05, 0.1) is 12.1 Å². The minimum atomic E-state index is -4.43. The fourth-order valence-electron chi connectivity index (χ4n) is 1.46. The predicted molar refractivity (Wildman–Crippen MR) is 60.4 cm³/mol. The molecule has 7 heteroatoms. The fourth-order valence-corrected chi connectivity index (χ4v) is 1.66. The Hall–Kier alpha value is -1.04. The lowest BCUT2D eigenvalue weighted by Crippen LogP contribution is -2.30. The van der Waals surface area contributed by atoms with Gasteiger partial charge in [0, 0.05) is 18.1 Å². The van der Waals surface area contributed by atoms with Gasteiger partial charge in [0.2, 0.25) is 0 Å². The maximum absolute atomic E-state index is 12.3. The summed E-state index contributed by atoms with van der Waals surface area (Å²) in [5.74, 6) is 0.119. The number of anilines is 1. The maximum atomic E-state index is 12.3. The minimum Gasteiger partial charge on any atom is -0.365 e. The van der Waals surface area contributed by atoms with E-state index in [4.69, 9.17) is 11.6 Å². The Labute approximate surface area is 106 Å². The Kier molecular flexibility index (Phi) is 5.19. The molecule has 1 aromatic carbocycles. The van der Waals surface area contributed by atoms with E-state index in [9.17, 15) is 22.0 Å². The molecule has 0 aliphatic rings. The molecule has 0 amide bonds. The number of hydrogen-bond donors (Lipinski definition) is 0. The number of rotatable bonds is 5. The van der Waals surface area contributed by atoms with Gasteiger partial charge in [-0.2, -0.15) is 13.2 Å². The Morgan fingerprint density at radius 2 is 1.67 bits per heavy atom. The molecule has 0 aliphatic heterocycles. The largest absolute Gasteiger partial charge is 0.416 e. The molecule has 0 radical (unpaired) electrons. The summed E-state index contributed by atoms with van der Waals surface area (Å²) < 4.78 is 61.6. The van der Waals surface area contributed by atoms with Gasteiger partial charge in [-0.1, -0.05) is 0 Å². The van der Waals surface area contributed by atoms with Crippen LogP contribution in [0.5, 0.6) is 0 Å². The molecule has 1 rings (SSSR count). The predicted octanol–water partition coefficient (Wildman–Crippen LogP) is 4.02. The van der Waals surface area contributed by atoms with E-state index in [2.05, 4.69) is 0 Å². The lowest BCUT2D eigenvalue weighted by molar-refractivity contribution is -0.137. The Balaban J connectivity index is 2.86. The molecule has 0 atom stereocenters. The summed E-state index contributed by atoms with van der Waals surface area (Å²) in [6.07, 6.45) is -7.01. The van der Waals surface area contributed by atoms with Crippen LogP contribution in [0.3, 0.4) is 0 Å². The van der Waals surface area contributed by atoms with Crippen molar-refractivity contribution in [3.63, 3.8) is 0 Å². The second-order valence-electron chi connectivity index (χ2n) is 3.57. The zero-order chi connectivity index (χ0) is 13.8. The highest BCUT2D eigenvalue weighted by Gasteiger charge is 2.30. The van der Waals surface area contributed by atoms with Crippen LogP contribution in [0.1, 0.15) is 5.56 Å². The quantitative estimate of drug-likeness (QED) is 0.584. The van der Waals surface area contributed by atoms with Crippen molar-refractivity contribution in [3.8, 4) is 0 Å². The third-order valence-corrected chi connectivity index (χ3v) is 2.44. The SMILES string of the molecule is FC(F)CN(CCCl)c1ccc(C(F)(F)F)cc1. The van der Waals surface area contributed by atoms with Gasteiger partial charge in [0.1, 0.15) is 0 Å². The molecule has 0 saturated heterocycles. The summed E-state index contributed by atoms with van der Waals surface area (Å²) in [6.45, 7) is -0.407. The van der Waals surface area contributed by atoms with E-state index >= 15 is 0 Å². The third-order valence-electron chi connectivity index (χ3n) is 2.27. The van der Waals surface area contributed by atoms with Crippen molar-refractivity contribution in [2.45, 2.75) is 12.6 Å². The fraction of sp³-hybridized carbons (Fsp3) is 0.455. The van der Waals surface area contributed by atoms with Gasteiger partial charge in [-0.25, -0.2) is 8.78 Å². The van der Waals surface area contributed by atoms with Crippen LogP contribution in [0.15, 0.2) is 24.3 Å². The molecule has 1 nitrogen and oxygen atoms in total. The van der Waals surface area contributed by atoms with Gasteiger partial charge in [-0.05, 0) is 24.3 Å². The Morgan fingerprint density at radius 1 is 1.11 bits per heavy atom. The van der Waals surface area contributed by atoms with Crippen molar-refractivity contribution in [2.24, 2.45) is 0 Å². The summed E-state index contributed by atoms with van der Waals surface area (Å²) in [6, 6.07) is 4.06. The molecule has 1 aromatic rings. The van der Waals surface area contributed by atoms with Gasteiger partial charge in [0.15, 0.2) is 0 Å². The van der Waals surface area contributed by atoms with Crippen LogP contribution in [0.4, 0.5) is 27.6 Å². The molecule has 0 aromatic heterocycles. The average Bonchev–Trinajstić information content (AvgIpc) is 2.27. The lowest BCUT2D eigenvalue weighted by atomic mass is 10.2. The van der Waals surface area contributed by atoms with Crippen LogP contribution in [0.2, 0.25) is 0 Å². The van der Waals surface area contributed by atoms with Crippen molar-refractivity contribution in [1.29, 1.82) is 0 Å². The smallest absolute Gasteiger partial charge is 0.365 e. The first-order valence-corrected chi connectivity index (χ1v) is 5.64. The third kappa shape index (κ3) is 4.33. The molecule has 0 aliphatic carbocycles. The molecule has 0 N–H and O–H groups in total. The number of alkyl halides is 6. The second-order valence-corrected chi connectivity index (χ2v) is 3.95. The zero-order valence-electron chi connectivity index (χ0n) is 9.22. The average molecular weight is 288 g/mol.